The fourth-order valence-electron chi connectivity index (χ4n) is 7.62. The van der Waals surface area contributed by atoms with Crippen LogP contribution >= 0.6 is 23.2 Å². The number of aliphatic hydroxyl groups excluding tert-OH is 2. The molecule has 68 heavy (non-hydrogen) atoms. The third-order valence-corrected chi connectivity index (χ3v) is 11.6. The highest BCUT2D eigenvalue weighted by atomic mass is 35.5. The average Bonchev–Trinajstić information content (AvgIpc) is 3.32. The second-order valence-corrected chi connectivity index (χ2v) is 18.1. The van der Waals surface area contributed by atoms with Gasteiger partial charge in [0.15, 0.2) is 0 Å². The average molecular weight is 969 g/mol. The number of nitrogens with one attached hydrogen (secondary N) is 4. The number of aliphatic hydroxyl groups is 2. The minimum absolute atomic E-state index is 0.0157. The molecular formula is C53H63Cl2N5O8. The van der Waals surface area contributed by atoms with Crippen molar-refractivity contribution in [1.29, 1.82) is 0 Å². The number of rotatable bonds is 20. The first-order valence-electron chi connectivity index (χ1n) is 23.2. The van der Waals surface area contributed by atoms with Crippen LogP contribution in [0.4, 0.5) is 11.4 Å². The van der Waals surface area contributed by atoms with E-state index in [4.69, 9.17) is 32.7 Å². The lowest BCUT2D eigenvalue weighted by molar-refractivity contribution is -0.120. The lowest BCUT2D eigenvalue weighted by Gasteiger charge is -2.21. The first-order valence-corrected chi connectivity index (χ1v) is 23.9. The van der Waals surface area contributed by atoms with Crippen LogP contribution in [-0.4, -0.2) is 76.3 Å². The number of carbonyl (C=O) groups excluding carboxylic acids is 4. The highest BCUT2D eigenvalue weighted by molar-refractivity contribution is 6.32. The molecule has 0 bridgehead atoms. The summed E-state index contributed by atoms with van der Waals surface area (Å²) in [5.41, 5.74) is 4.77. The molecule has 4 amide bonds. The van der Waals surface area contributed by atoms with Gasteiger partial charge in [0.2, 0.25) is 5.91 Å². The Balaban J connectivity index is 0.000000254. The lowest BCUT2D eigenvalue weighted by Crippen LogP contribution is -2.37. The molecule has 4 aromatic carbocycles. The van der Waals surface area contributed by atoms with Crippen molar-refractivity contribution in [2.45, 2.75) is 110 Å². The van der Waals surface area contributed by atoms with Crippen LogP contribution in [0.3, 0.4) is 0 Å². The number of carbonyl (C=O) groups is 4. The SMILES string of the molecule is CC(C)Oc1ccc(C(=O)N[C@H](CCO)Cc2ccc(NC(=O)C3CCCCC3)cc2)cc1Cl.CC(C)Oc1ccc(C(=O)N[C@H](CCO)Cc2ccc(NC(=O)c3ccncc3)cc2)cc1Cl. The first-order chi connectivity index (χ1) is 32.7. The van der Waals surface area contributed by atoms with Crippen molar-refractivity contribution in [3.05, 3.63) is 147 Å². The van der Waals surface area contributed by atoms with Gasteiger partial charge in [-0.3, -0.25) is 24.2 Å². The molecule has 1 heterocycles. The van der Waals surface area contributed by atoms with Crippen LogP contribution in [0.5, 0.6) is 11.5 Å². The molecule has 1 aliphatic rings. The molecule has 0 radical (unpaired) electrons. The molecule has 0 spiro atoms. The van der Waals surface area contributed by atoms with E-state index < -0.39 is 0 Å². The predicted molar refractivity (Wildman–Crippen MR) is 268 cm³/mol. The third kappa shape index (κ3) is 17.3. The monoisotopic (exact) mass is 967 g/mol. The van der Waals surface area contributed by atoms with Crippen LogP contribution in [0.2, 0.25) is 10.0 Å². The highest BCUT2D eigenvalue weighted by Crippen LogP contribution is 2.29. The molecule has 6 N–H and O–H groups in total. The van der Waals surface area contributed by atoms with Crippen LogP contribution in [0.15, 0.2) is 109 Å². The van der Waals surface area contributed by atoms with Crippen molar-refractivity contribution in [3.63, 3.8) is 0 Å². The molecule has 13 nitrogen and oxygen atoms in total. The summed E-state index contributed by atoms with van der Waals surface area (Å²) in [7, 11) is 0. The Kier molecular flexibility index (Phi) is 21.1. The van der Waals surface area contributed by atoms with Gasteiger partial charge in [0.1, 0.15) is 11.5 Å². The van der Waals surface area contributed by atoms with Gasteiger partial charge >= 0.3 is 0 Å². The second kappa shape index (κ2) is 27.1. The fourth-order valence-corrected chi connectivity index (χ4v) is 8.07. The second-order valence-electron chi connectivity index (χ2n) is 17.3. The molecule has 2 atom stereocenters. The highest BCUT2D eigenvalue weighted by Gasteiger charge is 2.22. The molecule has 1 fully saturated rings. The molecule has 0 aliphatic heterocycles. The normalized spacial score (nSPS) is 13.4. The standard InChI is InChI=1S/C27H35ClN2O4.C26H28ClN3O4/c1-18(2)34-25-13-10-21(17-24(25)28)27(33)30-23(14-15-31)16-19-8-11-22(12-9-19)29-26(32)20-6-4-3-5-7-20;1-17(2)34-24-8-5-20(16-23(24)27)26(33)30-22(11-14-31)15-18-3-6-21(7-4-18)29-25(32)19-9-12-28-13-10-19/h8-13,17-18,20,23,31H,3-7,14-16H2,1-2H3,(H,29,32)(H,30,33);3-10,12-13,16-17,22,31H,11,14-15H2,1-2H3,(H,29,32)(H,30,33)/t23-;22-/m11/s1. The first kappa shape index (κ1) is 53.0. The van der Waals surface area contributed by atoms with Gasteiger partial charge < -0.3 is 41.0 Å². The van der Waals surface area contributed by atoms with Gasteiger partial charge in [0.25, 0.3) is 17.7 Å². The van der Waals surface area contributed by atoms with Crippen LogP contribution in [-0.2, 0) is 17.6 Å². The number of ether oxygens (including phenoxy) is 2. The maximum Gasteiger partial charge on any atom is 0.255 e. The Labute approximate surface area is 409 Å². The van der Waals surface area contributed by atoms with E-state index >= 15 is 0 Å². The minimum atomic E-state index is -0.280. The van der Waals surface area contributed by atoms with Gasteiger partial charge in [-0.05, 0) is 150 Å². The number of halogens is 2. The zero-order valence-electron chi connectivity index (χ0n) is 39.1. The van der Waals surface area contributed by atoms with E-state index in [9.17, 15) is 29.4 Å². The summed E-state index contributed by atoms with van der Waals surface area (Å²) in [5, 5.41) is 31.5. The Morgan fingerprint density at radius 3 is 1.44 bits per heavy atom. The molecule has 0 unspecified atom stereocenters. The summed E-state index contributed by atoms with van der Waals surface area (Å²) < 4.78 is 11.2. The predicted octanol–water partition coefficient (Wildman–Crippen LogP) is 9.87. The van der Waals surface area contributed by atoms with E-state index in [1.807, 2.05) is 64.1 Å². The number of hydrogen-bond acceptors (Lipinski definition) is 9. The van der Waals surface area contributed by atoms with Gasteiger partial charge in [-0.2, -0.15) is 0 Å². The smallest absolute Gasteiger partial charge is 0.255 e. The fraction of sp³-hybridized carbons (Fsp3) is 0.377. The summed E-state index contributed by atoms with van der Waals surface area (Å²) in [4.78, 5) is 54.2. The van der Waals surface area contributed by atoms with Crippen molar-refractivity contribution in [3.8, 4) is 11.5 Å². The summed E-state index contributed by atoms with van der Waals surface area (Å²) in [5.74, 6) is 0.514. The maximum absolute atomic E-state index is 12.8. The molecule has 1 aliphatic carbocycles. The third-order valence-electron chi connectivity index (χ3n) is 11.1. The molecule has 15 heteroatoms. The Hall–Kier alpha value is -5.99. The van der Waals surface area contributed by atoms with Crippen LogP contribution < -0.4 is 30.7 Å². The zero-order valence-corrected chi connectivity index (χ0v) is 40.6. The van der Waals surface area contributed by atoms with Gasteiger partial charge in [-0.15, -0.1) is 0 Å². The number of anilines is 2. The van der Waals surface area contributed by atoms with E-state index in [2.05, 4.69) is 26.3 Å². The van der Waals surface area contributed by atoms with Crippen molar-refractivity contribution < 1.29 is 38.9 Å². The van der Waals surface area contributed by atoms with E-state index in [1.165, 1.54) is 6.42 Å². The van der Waals surface area contributed by atoms with Crippen molar-refractivity contribution in [1.82, 2.24) is 15.6 Å². The van der Waals surface area contributed by atoms with Gasteiger partial charge in [0, 0.05) is 71.7 Å². The van der Waals surface area contributed by atoms with Gasteiger partial charge in [-0.1, -0.05) is 66.7 Å². The quantitative estimate of drug-likeness (QED) is 0.0441. The Bertz CT molecular complexity index is 2400. The van der Waals surface area contributed by atoms with Crippen LogP contribution in [0, 0.1) is 5.92 Å². The maximum atomic E-state index is 12.8. The molecule has 5 aromatic rings. The van der Waals surface area contributed by atoms with Crippen molar-refractivity contribution in [2.75, 3.05) is 23.8 Å². The summed E-state index contributed by atoms with van der Waals surface area (Å²) in [6, 6.07) is 27.7. The van der Waals surface area contributed by atoms with E-state index in [-0.39, 0.29) is 67.1 Å². The lowest BCUT2D eigenvalue weighted by atomic mass is 9.88. The summed E-state index contributed by atoms with van der Waals surface area (Å²) in [6.45, 7) is 7.52. The van der Waals surface area contributed by atoms with Crippen molar-refractivity contribution >= 4 is 58.2 Å². The summed E-state index contributed by atoms with van der Waals surface area (Å²) in [6.07, 6.45) is 10.4. The largest absolute Gasteiger partial charge is 0.489 e. The zero-order chi connectivity index (χ0) is 49.0. The van der Waals surface area contributed by atoms with E-state index in [0.717, 1.165) is 42.5 Å². The van der Waals surface area contributed by atoms with Crippen LogP contribution in [0.1, 0.15) is 115 Å². The van der Waals surface area contributed by atoms with Crippen molar-refractivity contribution in [2.24, 2.45) is 5.92 Å². The molecule has 1 aromatic heterocycles. The number of aromatic nitrogens is 1. The number of benzene rings is 4. The molecular weight excluding hydrogens is 906 g/mol. The number of hydrogen-bond donors (Lipinski definition) is 6. The topological polar surface area (TPSA) is 188 Å². The Morgan fingerprint density at radius 2 is 1.03 bits per heavy atom. The minimum Gasteiger partial charge on any atom is -0.489 e. The molecule has 6 rings (SSSR count). The van der Waals surface area contributed by atoms with Gasteiger partial charge in [-0.25, -0.2) is 0 Å². The number of nitrogens with zero attached hydrogens (tertiary/aromatic N) is 1. The molecule has 1 saturated carbocycles. The van der Waals surface area contributed by atoms with E-state index in [1.54, 1.807) is 73.1 Å². The van der Waals surface area contributed by atoms with Gasteiger partial charge in [0.05, 0.1) is 22.3 Å². The molecule has 0 saturated heterocycles. The number of pyridine rings is 1. The molecule has 362 valence electrons. The summed E-state index contributed by atoms with van der Waals surface area (Å²) >= 11 is 12.5. The number of amides is 4. The Morgan fingerprint density at radius 1 is 0.588 bits per heavy atom. The van der Waals surface area contributed by atoms with E-state index in [0.29, 0.717) is 69.6 Å². The van der Waals surface area contributed by atoms with Crippen LogP contribution in [0.25, 0.3) is 0 Å².